The van der Waals surface area contributed by atoms with Crippen molar-refractivity contribution in [3.63, 3.8) is 0 Å². The molecule has 2 heterocycles. The topological polar surface area (TPSA) is 60.8 Å². The van der Waals surface area contributed by atoms with Gasteiger partial charge in [-0.1, -0.05) is 6.92 Å². The van der Waals surface area contributed by atoms with Gasteiger partial charge in [0.05, 0.1) is 11.1 Å². The van der Waals surface area contributed by atoms with Crippen LogP contribution in [-0.2, 0) is 4.79 Å². The van der Waals surface area contributed by atoms with Crippen LogP contribution in [0.4, 0.5) is 0 Å². The van der Waals surface area contributed by atoms with Gasteiger partial charge in [-0.05, 0) is 63.5 Å². The number of ketones is 1. The molecule has 112 valence electrons. The summed E-state index contributed by atoms with van der Waals surface area (Å²) in [5.41, 5.74) is -2.87. The molecule has 4 rings (SSSR count). The van der Waals surface area contributed by atoms with E-state index in [1.165, 1.54) is 0 Å². The first-order valence-electron chi connectivity index (χ1n) is 8.17. The second kappa shape index (κ2) is 3.84. The lowest BCUT2D eigenvalue weighted by Crippen LogP contribution is -2.86. The molecule has 20 heavy (non-hydrogen) atoms. The van der Waals surface area contributed by atoms with Gasteiger partial charge in [-0.3, -0.25) is 9.69 Å². The van der Waals surface area contributed by atoms with Gasteiger partial charge in [0.25, 0.3) is 0 Å². The molecule has 2 saturated carbocycles. The molecular weight excluding hydrogens is 254 g/mol. The fourth-order valence-electron chi connectivity index (χ4n) is 6.17. The molecule has 4 nitrogen and oxygen atoms in total. The number of nitrogens with zero attached hydrogens (tertiary/aromatic N) is 1. The molecule has 0 aromatic rings. The third-order valence-electron chi connectivity index (χ3n) is 6.79. The van der Waals surface area contributed by atoms with Crippen molar-refractivity contribution in [2.75, 3.05) is 13.1 Å². The molecule has 1 spiro atoms. The molecular formula is C16H25NO3. The van der Waals surface area contributed by atoms with Crippen LogP contribution in [0.25, 0.3) is 0 Å². The minimum absolute atomic E-state index is 0.00863. The molecule has 4 heteroatoms. The van der Waals surface area contributed by atoms with E-state index in [0.717, 1.165) is 45.2 Å². The predicted octanol–water partition coefficient (Wildman–Crippen LogP) is 1.10. The molecule has 4 fully saturated rings. The highest BCUT2D eigenvalue weighted by Crippen LogP contribution is 2.62. The van der Waals surface area contributed by atoms with Crippen molar-refractivity contribution in [3.8, 4) is 0 Å². The van der Waals surface area contributed by atoms with Crippen molar-refractivity contribution in [2.24, 2.45) is 11.8 Å². The third-order valence-corrected chi connectivity index (χ3v) is 6.79. The Morgan fingerprint density at radius 1 is 1.20 bits per heavy atom. The quantitative estimate of drug-likeness (QED) is 0.697. The van der Waals surface area contributed by atoms with Crippen molar-refractivity contribution in [1.82, 2.24) is 4.90 Å². The highest BCUT2D eigenvalue weighted by Gasteiger charge is 2.75. The average molecular weight is 279 g/mol. The van der Waals surface area contributed by atoms with Crippen LogP contribution in [0.3, 0.4) is 0 Å². The number of rotatable bonds is 0. The van der Waals surface area contributed by atoms with Crippen molar-refractivity contribution in [1.29, 1.82) is 0 Å². The zero-order valence-corrected chi connectivity index (χ0v) is 12.3. The number of hydrogen-bond acceptors (Lipinski definition) is 4. The summed E-state index contributed by atoms with van der Waals surface area (Å²) in [6, 6.07) is 0. The van der Waals surface area contributed by atoms with E-state index in [1.807, 2.05) is 0 Å². The first kappa shape index (κ1) is 13.2. The van der Waals surface area contributed by atoms with Crippen molar-refractivity contribution >= 4 is 5.78 Å². The summed E-state index contributed by atoms with van der Waals surface area (Å²) in [5.74, 6) is 0.504. The van der Waals surface area contributed by atoms with E-state index >= 15 is 0 Å². The van der Waals surface area contributed by atoms with Gasteiger partial charge < -0.3 is 10.2 Å². The second-order valence-corrected chi connectivity index (χ2v) is 7.71. The lowest BCUT2D eigenvalue weighted by Gasteiger charge is -2.71. The van der Waals surface area contributed by atoms with E-state index in [0.29, 0.717) is 18.8 Å². The minimum Gasteiger partial charge on any atom is -0.388 e. The van der Waals surface area contributed by atoms with Gasteiger partial charge in [-0.25, -0.2) is 0 Å². The number of carbonyl (C=O) groups is 1. The molecule has 0 unspecified atom stereocenters. The van der Waals surface area contributed by atoms with Gasteiger partial charge >= 0.3 is 0 Å². The summed E-state index contributed by atoms with van der Waals surface area (Å²) in [5, 5.41) is 22.8. The molecule has 0 aromatic carbocycles. The molecule has 2 saturated heterocycles. The number of carbonyl (C=O) groups excluding carboxylic acids is 1. The largest absolute Gasteiger partial charge is 0.388 e. The van der Waals surface area contributed by atoms with Gasteiger partial charge in [0.2, 0.25) is 0 Å². The molecule has 5 atom stereocenters. The summed E-state index contributed by atoms with van der Waals surface area (Å²) >= 11 is 0. The Bertz CT molecular complexity index is 465. The van der Waals surface area contributed by atoms with E-state index in [1.54, 1.807) is 0 Å². The Kier molecular flexibility index (Phi) is 2.54. The maximum atomic E-state index is 12.7. The molecule has 2 aliphatic heterocycles. The predicted molar refractivity (Wildman–Crippen MR) is 74.2 cm³/mol. The van der Waals surface area contributed by atoms with Crippen molar-refractivity contribution in [2.45, 2.75) is 68.6 Å². The smallest absolute Gasteiger partial charge is 0.166 e. The van der Waals surface area contributed by atoms with E-state index in [4.69, 9.17) is 0 Å². The van der Waals surface area contributed by atoms with Gasteiger partial charge in [-0.2, -0.15) is 0 Å². The van der Waals surface area contributed by atoms with Crippen LogP contribution in [-0.4, -0.2) is 50.7 Å². The standard InChI is InChI=1S/C16H25NO3/c1-11-8-12-9-13(18)15(20)5-3-7-17-6-2-4-14(12,19)16(15,17)10-11/h11-12,19-20H,2-10H2,1H3/t11-,12-,14+,15+,16+/m1/s1. The van der Waals surface area contributed by atoms with Crippen LogP contribution >= 0.6 is 0 Å². The second-order valence-electron chi connectivity index (χ2n) is 7.71. The summed E-state index contributed by atoms with van der Waals surface area (Å²) in [7, 11) is 0. The average Bonchev–Trinajstić information content (AvgIpc) is 2.38. The zero-order chi connectivity index (χ0) is 14.2. The number of hydrogen-bond donors (Lipinski definition) is 2. The lowest BCUT2D eigenvalue weighted by molar-refractivity contribution is -0.292. The maximum Gasteiger partial charge on any atom is 0.166 e. The Morgan fingerprint density at radius 2 is 1.90 bits per heavy atom. The molecule has 2 N–H and O–H groups in total. The lowest BCUT2D eigenvalue weighted by atomic mass is 9.44. The molecule has 0 amide bonds. The summed E-state index contributed by atoms with van der Waals surface area (Å²) in [6.45, 7) is 4.04. The first-order chi connectivity index (χ1) is 9.44. The van der Waals surface area contributed by atoms with E-state index in [-0.39, 0.29) is 11.7 Å². The van der Waals surface area contributed by atoms with Gasteiger partial charge in [-0.15, -0.1) is 0 Å². The molecule has 2 aliphatic carbocycles. The van der Waals surface area contributed by atoms with Crippen LogP contribution in [0.5, 0.6) is 0 Å². The summed E-state index contributed by atoms with van der Waals surface area (Å²) in [6.07, 6.45) is 5.18. The fourth-order valence-corrected chi connectivity index (χ4v) is 6.17. The monoisotopic (exact) mass is 279 g/mol. The van der Waals surface area contributed by atoms with Crippen LogP contribution in [0, 0.1) is 11.8 Å². The van der Waals surface area contributed by atoms with Gasteiger partial charge in [0.1, 0.15) is 5.60 Å². The zero-order valence-electron chi connectivity index (χ0n) is 12.3. The van der Waals surface area contributed by atoms with Gasteiger partial charge in [0.15, 0.2) is 5.78 Å². The Balaban J connectivity index is 1.95. The number of Topliss-reactive ketones (excluding diaryl/α,β-unsaturated/α-hetero) is 1. The van der Waals surface area contributed by atoms with Crippen LogP contribution in [0.1, 0.15) is 51.9 Å². The third kappa shape index (κ3) is 1.23. The van der Waals surface area contributed by atoms with E-state index < -0.39 is 16.7 Å². The van der Waals surface area contributed by atoms with Crippen LogP contribution in [0.2, 0.25) is 0 Å². The summed E-state index contributed by atoms with van der Waals surface area (Å²) in [4.78, 5) is 14.9. The Hall–Kier alpha value is -0.450. The minimum atomic E-state index is -1.31. The molecule has 4 aliphatic rings. The SMILES string of the molecule is C[C@@H]1C[C@@H]2CC(=O)[C@@]3(O)CCCN4CCC[C@@]2(O)[C@]43C1. The van der Waals surface area contributed by atoms with Crippen molar-refractivity contribution < 1.29 is 15.0 Å². The normalized spacial score (nSPS) is 55.5. The Labute approximate surface area is 120 Å². The number of aliphatic hydroxyl groups is 2. The summed E-state index contributed by atoms with van der Waals surface area (Å²) < 4.78 is 0. The van der Waals surface area contributed by atoms with E-state index in [2.05, 4.69) is 11.8 Å². The highest BCUT2D eigenvalue weighted by atomic mass is 16.3. The van der Waals surface area contributed by atoms with Crippen molar-refractivity contribution in [3.05, 3.63) is 0 Å². The Morgan fingerprint density at radius 3 is 2.65 bits per heavy atom. The molecule has 0 radical (unpaired) electrons. The van der Waals surface area contributed by atoms with Crippen LogP contribution < -0.4 is 0 Å². The maximum absolute atomic E-state index is 12.7. The number of piperidine rings is 2. The van der Waals surface area contributed by atoms with Gasteiger partial charge in [0, 0.05) is 6.42 Å². The molecule has 2 bridgehead atoms. The fraction of sp³-hybridized carbons (Fsp3) is 0.938. The van der Waals surface area contributed by atoms with Crippen LogP contribution in [0.15, 0.2) is 0 Å². The molecule has 0 aromatic heterocycles. The van der Waals surface area contributed by atoms with E-state index in [9.17, 15) is 15.0 Å². The highest BCUT2D eigenvalue weighted by molar-refractivity contribution is 5.91. The first-order valence-corrected chi connectivity index (χ1v) is 8.17.